The van der Waals surface area contributed by atoms with Gasteiger partial charge in [-0.15, -0.1) is 0 Å². The molecule has 1 aromatic rings. The maximum absolute atomic E-state index is 11.5. The van der Waals surface area contributed by atoms with Gasteiger partial charge in [-0.3, -0.25) is 9.78 Å². The Labute approximate surface area is 132 Å². The lowest BCUT2D eigenvalue weighted by molar-refractivity contribution is -0.132. The molecule has 1 fully saturated rings. The molecule has 120 valence electrons. The molecule has 2 heterocycles. The van der Waals surface area contributed by atoms with Crippen molar-refractivity contribution in [3.63, 3.8) is 0 Å². The van der Waals surface area contributed by atoms with Gasteiger partial charge in [0.1, 0.15) is 0 Å². The number of rotatable bonds is 4. The second-order valence-corrected chi connectivity index (χ2v) is 5.62. The van der Waals surface area contributed by atoms with Crippen LogP contribution in [0, 0.1) is 6.92 Å². The molecule has 0 aromatic carbocycles. The molecule has 1 aliphatic rings. The summed E-state index contributed by atoms with van der Waals surface area (Å²) in [6, 6.07) is 4.21. The fraction of sp³-hybridized carbons (Fsp3) is 0.562. The van der Waals surface area contributed by atoms with Gasteiger partial charge in [-0.25, -0.2) is 4.99 Å². The van der Waals surface area contributed by atoms with Gasteiger partial charge in [0.2, 0.25) is 5.91 Å². The number of guanidine groups is 1. The van der Waals surface area contributed by atoms with Crippen molar-refractivity contribution in [3.8, 4) is 0 Å². The third kappa shape index (κ3) is 4.44. The molecule has 2 N–H and O–H groups in total. The van der Waals surface area contributed by atoms with Crippen LogP contribution in [0.5, 0.6) is 0 Å². The molecule has 1 aromatic heterocycles. The van der Waals surface area contributed by atoms with Crippen molar-refractivity contribution in [1.82, 2.24) is 20.5 Å². The molecular formula is C16H25N5O. The van der Waals surface area contributed by atoms with E-state index in [-0.39, 0.29) is 11.9 Å². The number of piperidine rings is 1. The minimum absolute atomic E-state index is 0.212. The number of pyridine rings is 1. The van der Waals surface area contributed by atoms with Crippen LogP contribution in [-0.4, -0.2) is 47.9 Å². The Morgan fingerprint density at radius 3 is 3.05 bits per heavy atom. The number of hydrogen-bond donors (Lipinski definition) is 2. The SMILES string of the molecule is CCNC(=NCc1ncccc1C)NC1CCC(=O)N(C)C1. The van der Waals surface area contributed by atoms with Gasteiger partial charge in [-0.1, -0.05) is 6.07 Å². The number of aryl methyl sites for hydroxylation is 1. The smallest absolute Gasteiger partial charge is 0.222 e. The summed E-state index contributed by atoms with van der Waals surface area (Å²) in [5, 5.41) is 6.67. The van der Waals surface area contributed by atoms with Crippen LogP contribution in [0.4, 0.5) is 0 Å². The summed E-state index contributed by atoms with van der Waals surface area (Å²) in [4.78, 5) is 22.3. The highest BCUT2D eigenvalue weighted by molar-refractivity contribution is 5.81. The maximum atomic E-state index is 11.5. The summed E-state index contributed by atoms with van der Waals surface area (Å²) in [6.45, 7) is 6.14. The van der Waals surface area contributed by atoms with Gasteiger partial charge in [0, 0.05) is 38.8 Å². The molecule has 22 heavy (non-hydrogen) atoms. The van der Waals surface area contributed by atoms with Crippen molar-refractivity contribution in [2.45, 2.75) is 39.3 Å². The molecule has 0 spiro atoms. The Balaban J connectivity index is 1.98. The molecule has 6 nitrogen and oxygen atoms in total. The van der Waals surface area contributed by atoms with Crippen molar-refractivity contribution in [1.29, 1.82) is 0 Å². The van der Waals surface area contributed by atoms with E-state index in [9.17, 15) is 4.79 Å². The van der Waals surface area contributed by atoms with Crippen LogP contribution in [0.2, 0.25) is 0 Å². The number of nitrogens with zero attached hydrogens (tertiary/aromatic N) is 3. The highest BCUT2D eigenvalue weighted by Crippen LogP contribution is 2.10. The normalized spacial score (nSPS) is 19.2. The fourth-order valence-electron chi connectivity index (χ4n) is 2.48. The molecular weight excluding hydrogens is 278 g/mol. The zero-order valence-corrected chi connectivity index (χ0v) is 13.6. The first-order valence-electron chi connectivity index (χ1n) is 7.79. The molecule has 0 radical (unpaired) electrons. The van der Waals surface area contributed by atoms with Gasteiger partial charge in [0.15, 0.2) is 5.96 Å². The first-order chi connectivity index (χ1) is 10.6. The van der Waals surface area contributed by atoms with E-state index in [4.69, 9.17) is 0 Å². The molecule has 1 aliphatic heterocycles. The van der Waals surface area contributed by atoms with Crippen LogP contribution in [0.15, 0.2) is 23.3 Å². The summed E-state index contributed by atoms with van der Waals surface area (Å²) < 4.78 is 0. The second-order valence-electron chi connectivity index (χ2n) is 5.62. The van der Waals surface area contributed by atoms with Crippen molar-refractivity contribution >= 4 is 11.9 Å². The van der Waals surface area contributed by atoms with E-state index in [2.05, 4.69) is 20.6 Å². The van der Waals surface area contributed by atoms with Gasteiger partial charge in [0.25, 0.3) is 0 Å². The summed E-state index contributed by atoms with van der Waals surface area (Å²) in [6.07, 6.45) is 3.23. The van der Waals surface area contributed by atoms with Crippen LogP contribution in [0.3, 0.4) is 0 Å². The lowest BCUT2D eigenvalue weighted by atomic mass is 10.1. The number of amides is 1. The number of aromatic nitrogens is 1. The molecule has 1 atom stereocenters. The van der Waals surface area contributed by atoms with E-state index < -0.39 is 0 Å². The van der Waals surface area contributed by atoms with Crippen LogP contribution >= 0.6 is 0 Å². The van der Waals surface area contributed by atoms with E-state index in [1.165, 1.54) is 0 Å². The van der Waals surface area contributed by atoms with Gasteiger partial charge in [0.05, 0.1) is 12.2 Å². The molecule has 1 amide bonds. The fourth-order valence-corrected chi connectivity index (χ4v) is 2.48. The van der Waals surface area contributed by atoms with Crippen LogP contribution < -0.4 is 10.6 Å². The highest BCUT2D eigenvalue weighted by Gasteiger charge is 2.23. The van der Waals surface area contributed by atoms with Gasteiger partial charge in [-0.05, 0) is 31.9 Å². The average molecular weight is 303 g/mol. The van der Waals surface area contributed by atoms with E-state index in [1.54, 1.807) is 11.1 Å². The molecule has 0 aliphatic carbocycles. The first kappa shape index (κ1) is 16.3. The average Bonchev–Trinajstić information content (AvgIpc) is 2.50. The Kier molecular flexibility index (Phi) is 5.75. The lowest BCUT2D eigenvalue weighted by Gasteiger charge is -2.31. The van der Waals surface area contributed by atoms with Crippen LogP contribution in [-0.2, 0) is 11.3 Å². The van der Waals surface area contributed by atoms with Crippen molar-refractivity contribution < 1.29 is 4.79 Å². The quantitative estimate of drug-likeness (QED) is 0.645. The van der Waals surface area contributed by atoms with E-state index >= 15 is 0 Å². The minimum atomic E-state index is 0.212. The van der Waals surface area contributed by atoms with Crippen molar-refractivity contribution in [2.24, 2.45) is 4.99 Å². The lowest BCUT2D eigenvalue weighted by Crippen LogP contribution is -2.51. The number of hydrogen-bond acceptors (Lipinski definition) is 3. The van der Waals surface area contributed by atoms with E-state index in [1.807, 2.05) is 33.0 Å². The van der Waals surface area contributed by atoms with Gasteiger partial charge < -0.3 is 15.5 Å². The molecule has 6 heteroatoms. The first-order valence-corrected chi connectivity index (χ1v) is 7.79. The zero-order valence-electron chi connectivity index (χ0n) is 13.6. The third-order valence-electron chi connectivity index (χ3n) is 3.82. The predicted molar refractivity (Wildman–Crippen MR) is 87.6 cm³/mol. The Bertz CT molecular complexity index is 543. The van der Waals surface area contributed by atoms with Crippen molar-refractivity contribution in [3.05, 3.63) is 29.6 Å². The Morgan fingerprint density at radius 2 is 2.36 bits per heavy atom. The molecule has 0 saturated carbocycles. The second kappa shape index (κ2) is 7.77. The molecule has 1 unspecified atom stereocenters. The number of aliphatic imine (C=N–C) groups is 1. The number of carbonyl (C=O) groups excluding carboxylic acids is 1. The topological polar surface area (TPSA) is 69.6 Å². The van der Waals surface area contributed by atoms with Crippen molar-refractivity contribution in [2.75, 3.05) is 20.1 Å². The predicted octanol–water partition coefficient (Wildman–Crippen LogP) is 1.07. The zero-order chi connectivity index (χ0) is 15.9. The Hall–Kier alpha value is -2.11. The molecule has 0 bridgehead atoms. The molecule has 2 rings (SSSR count). The summed E-state index contributed by atoms with van der Waals surface area (Å²) in [5.74, 6) is 0.990. The largest absolute Gasteiger partial charge is 0.357 e. The van der Waals surface area contributed by atoms with Gasteiger partial charge in [-0.2, -0.15) is 0 Å². The van der Waals surface area contributed by atoms with E-state index in [0.29, 0.717) is 19.5 Å². The maximum Gasteiger partial charge on any atom is 0.222 e. The standard InChI is InChI=1S/C16H25N5O/c1-4-17-16(19-10-14-12(2)6-5-9-18-14)20-13-7-8-15(22)21(3)11-13/h5-6,9,13H,4,7-8,10-11H2,1-3H3,(H2,17,19,20). The van der Waals surface area contributed by atoms with E-state index in [0.717, 1.165) is 30.2 Å². The molecule has 1 saturated heterocycles. The third-order valence-corrected chi connectivity index (χ3v) is 3.82. The monoisotopic (exact) mass is 303 g/mol. The summed E-state index contributed by atoms with van der Waals surface area (Å²) in [7, 11) is 1.84. The van der Waals surface area contributed by atoms with Crippen LogP contribution in [0.1, 0.15) is 31.0 Å². The van der Waals surface area contributed by atoms with Crippen LogP contribution in [0.25, 0.3) is 0 Å². The summed E-state index contributed by atoms with van der Waals surface area (Å²) >= 11 is 0. The summed E-state index contributed by atoms with van der Waals surface area (Å²) in [5.41, 5.74) is 2.13. The number of carbonyl (C=O) groups is 1. The number of likely N-dealkylation sites (N-methyl/N-ethyl adjacent to an activating group) is 1. The highest BCUT2D eigenvalue weighted by atomic mass is 16.2. The minimum Gasteiger partial charge on any atom is -0.357 e. The number of likely N-dealkylation sites (tertiary alicyclic amines) is 1. The Morgan fingerprint density at radius 1 is 1.55 bits per heavy atom. The van der Waals surface area contributed by atoms with Gasteiger partial charge >= 0.3 is 0 Å². The number of nitrogens with one attached hydrogen (secondary N) is 2.